The minimum Gasteiger partial charge on any atom is -0.312 e. The average Bonchev–Trinajstić information content (AvgIpc) is 2.90. The highest BCUT2D eigenvalue weighted by atomic mass is 79.9. The van der Waals surface area contributed by atoms with Crippen molar-refractivity contribution in [3.63, 3.8) is 0 Å². The molecule has 0 aromatic carbocycles. The molecular weight excluding hydrogens is 298 g/mol. The molecule has 0 fully saturated rings. The molecule has 17 heavy (non-hydrogen) atoms. The summed E-state index contributed by atoms with van der Waals surface area (Å²) in [7, 11) is 0. The van der Waals surface area contributed by atoms with E-state index >= 15 is 0 Å². The van der Waals surface area contributed by atoms with Crippen LogP contribution in [0.4, 0.5) is 0 Å². The maximum absolute atomic E-state index is 4.17. The van der Waals surface area contributed by atoms with Gasteiger partial charge in [-0.15, -0.1) is 11.3 Å². The van der Waals surface area contributed by atoms with Gasteiger partial charge in [-0.05, 0) is 48.0 Å². The van der Waals surface area contributed by atoms with E-state index in [9.17, 15) is 0 Å². The lowest BCUT2D eigenvalue weighted by molar-refractivity contribution is 0.544. The highest BCUT2D eigenvalue weighted by Gasteiger charge is 2.01. The summed E-state index contributed by atoms with van der Waals surface area (Å²) in [4.78, 5) is 2.73. The first-order valence-corrected chi connectivity index (χ1v) is 7.29. The smallest absolute Gasteiger partial charge is 0.0489 e. The van der Waals surface area contributed by atoms with E-state index in [1.807, 2.05) is 34.5 Å². The van der Waals surface area contributed by atoms with Gasteiger partial charge in [0.25, 0.3) is 0 Å². The summed E-state index contributed by atoms with van der Waals surface area (Å²) in [6, 6.07) is 4.15. The molecule has 0 saturated heterocycles. The molecule has 5 heteroatoms. The third-order valence-corrected chi connectivity index (χ3v) is 4.64. The van der Waals surface area contributed by atoms with Gasteiger partial charge >= 0.3 is 0 Å². The number of rotatable bonds is 6. The molecule has 0 aliphatic heterocycles. The number of halogens is 1. The monoisotopic (exact) mass is 313 g/mol. The fourth-order valence-corrected chi connectivity index (χ4v) is 3.19. The molecule has 0 aliphatic rings. The number of nitrogens with one attached hydrogen (secondary N) is 1. The molecule has 92 valence electrons. The fourth-order valence-electron chi connectivity index (χ4n) is 1.62. The van der Waals surface area contributed by atoms with E-state index in [2.05, 4.69) is 39.3 Å². The zero-order valence-electron chi connectivity index (χ0n) is 9.82. The van der Waals surface area contributed by atoms with Crippen LogP contribution in [0.5, 0.6) is 0 Å². The molecule has 0 spiro atoms. The second-order valence-electron chi connectivity index (χ2n) is 3.92. The molecule has 2 rings (SSSR count). The molecule has 3 nitrogen and oxygen atoms in total. The number of thiophene rings is 1. The summed E-state index contributed by atoms with van der Waals surface area (Å²) in [5.41, 5.74) is 0. The molecule has 0 aliphatic carbocycles. The van der Waals surface area contributed by atoms with Crippen molar-refractivity contribution in [2.45, 2.75) is 26.4 Å². The Morgan fingerprint density at radius 3 is 3.06 bits per heavy atom. The van der Waals surface area contributed by atoms with Gasteiger partial charge in [0.2, 0.25) is 0 Å². The fraction of sp³-hybridized carbons (Fsp3) is 0.417. The molecule has 0 atom stereocenters. The van der Waals surface area contributed by atoms with Gasteiger partial charge in [0.15, 0.2) is 0 Å². The molecule has 0 unspecified atom stereocenters. The summed E-state index contributed by atoms with van der Waals surface area (Å²) in [6.45, 7) is 5.09. The third-order valence-electron chi connectivity index (χ3n) is 2.51. The van der Waals surface area contributed by atoms with Crippen molar-refractivity contribution in [3.8, 4) is 0 Å². The summed E-state index contributed by atoms with van der Waals surface area (Å²) in [6.07, 6.45) is 4.92. The minimum atomic E-state index is 0.955. The van der Waals surface area contributed by atoms with E-state index in [-0.39, 0.29) is 0 Å². The van der Waals surface area contributed by atoms with Crippen molar-refractivity contribution >= 4 is 27.3 Å². The summed E-state index contributed by atoms with van der Waals surface area (Å²) in [5.74, 6) is 0. The van der Waals surface area contributed by atoms with Crippen LogP contribution in [-0.2, 0) is 13.1 Å². The third kappa shape index (κ3) is 3.94. The summed E-state index contributed by atoms with van der Waals surface area (Å²) < 4.78 is 3.18. The molecule has 0 saturated carbocycles. The van der Waals surface area contributed by atoms with Gasteiger partial charge in [0.1, 0.15) is 0 Å². The first kappa shape index (κ1) is 12.8. The van der Waals surface area contributed by atoms with Gasteiger partial charge < -0.3 is 5.32 Å². The first-order valence-electron chi connectivity index (χ1n) is 5.68. The van der Waals surface area contributed by atoms with E-state index in [4.69, 9.17) is 0 Å². The lowest BCUT2D eigenvalue weighted by atomic mass is 10.4. The molecule has 2 aromatic rings. The topological polar surface area (TPSA) is 29.9 Å². The van der Waals surface area contributed by atoms with Crippen LogP contribution in [0.1, 0.15) is 16.2 Å². The number of hydrogen-bond donors (Lipinski definition) is 1. The zero-order valence-corrected chi connectivity index (χ0v) is 12.2. The van der Waals surface area contributed by atoms with Gasteiger partial charge in [-0.25, -0.2) is 0 Å². The highest BCUT2D eigenvalue weighted by molar-refractivity contribution is 9.10. The Morgan fingerprint density at radius 2 is 2.41 bits per heavy atom. The second kappa shape index (κ2) is 6.33. The van der Waals surface area contributed by atoms with Crippen LogP contribution in [0.15, 0.2) is 29.0 Å². The van der Waals surface area contributed by atoms with E-state index in [0.717, 1.165) is 26.1 Å². The Kier molecular flexibility index (Phi) is 4.76. The summed E-state index contributed by atoms with van der Waals surface area (Å²) in [5, 5.41) is 7.62. The molecule has 1 N–H and O–H groups in total. The quantitative estimate of drug-likeness (QED) is 0.830. The number of nitrogens with zero attached hydrogens (tertiary/aromatic N) is 2. The predicted molar refractivity (Wildman–Crippen MR) is 75.3 cm³/mol. The Labute approximate surface area is 114 Å². The van der Waals surface area contributed by atoms with E-state index < -0.39 is 0 Å². The Morgan fingerprint density at radius 1 is 1.53 bits per heavy atom. The molecule has 0 radical (unpaired) electrons. The Bertz CT molecular complexity index is 431. The van der Waals surface area contributed by atoms with E-state index in [1.54, 1.807) is 0 Å². The van der Waals surface area contributed by atoms with Crippen molar-refractivity contribution in [2.24, 2.45) is 0 Å². The molecule has 0 amide bonds. The molecule has 2 heterocycles. The van der Waals surface area contributed by atoms with Gasteiger partial charge in [0.05, 0.1) is 0 Å². The van der Waals surface area contributed by atoms with Gasteiger partial charge in [-0.1, -0.05) is 0 Å². The minimum absolute atomic E-state index is 0.955. The van der Waals surface area contributed by atoms with Crippen LogP contribution >= 0.6 is 27.3 Å². The van der Waals surface area contributed by atoms with Crippen molar-refractivity contribution < 1.29 is 0 Å². The summed E-state index contributed by atoms with van der Waals surface area (Å²) >= 11 is 5.38. The van der Waals surface area contributed by atoms with Crippen LogP contribution in [0.25, 0.3) is 0 Å². The van der Waals surface area contributed by atoms with Crippen molar-refractivity contribution in [2.75, 3.05) is 6.54 Å². The van der Waals surface area contributed by atoms with Crippen LogP contribution in [0.2, 0.25) is 0 Å². The predicted octanol–water partition coefficient (Wildman–Crippen LogP) is 3.20. The average molecular weight is 314 g/mol. The number of aryl methyl sites for hydroxylation is 2. The normalized spacial score (nSPS) is 10.9. The van der Waals surface area contributed by atoms with Crippen LogP contribution in [0, 0.1) is 6.92 Å². The lowest BCUT2D eigenvalue weighted by Gasteiger charge is -2.03. The van der Waals surface area contributed by atoms with Crippen molar-refractivity contribution in [1.82, 2.24) is 15.1 Å². The first-order chi connectivity index (χ1) is 8.25. The Hall–Kier alpha value is -0.650. The molecule has 0 bridgehead atoms. The van der Waals surface area contributed by atoms with Crippen LogP contribution in [0.3, 0.4) is 0 Å². The standard InChI is InChI=1S/C12H16BrN3S/c1-10-12(13)8-11(17-10)9-14-4-2-6-16-7-3-5-15-16/h3,5,7-8,14H,2,4,6,9H2,1H3. The van der Waals surface area contributed by atoms with E-state index in [1.165, 1.54) is 14.2 Å². The van der Waals surface area contributed by atoms with Crippen molar-refractivity contribution in [1.29, 1.82) is 0 Å². The van der Waals surface area contributed by atoms with Crippen molar-refractivity contribution in [3.05, 3.63) is 38.8 Å². The second-order valence-corrected chi connectivity index (χ2v) is 6.11. The van der Waals surface area contributed by atoms with Gasteiger partial charge in [0, 0.05) is 39.7 Å². The van der Waals surface area contributed by atoms with Gasteiger partial charge in [-0.3, -0.25) is 4.68 Å². The lowest BCUT2D eigenvalue weighted by Crippen LogP contribution is -2.16. The molecule has 2 aromatic heterocycles. The van der Waals surface area contributed by atoms with Crippen LogP contribution in [-0.4, -0.2) is 16.3 Å². The SMILES string of the molecule is Cc1sc(CNCCCn2cccn2)cc1Br. The largest absolute Gasteiger partial charge is 0.312 e. The number of hydrogen-bond acceptors (Lipinski definition) is 3. The maximum Gasteiger partial charge on any atom is 0.0489 e. The Balaban J connectivity index is 1.63. The van der Waals surface area contributed by atoms with E-state index in [0.29, 0.717) is 0 Å². The zero-order chi connectivity index (χ0) is 12.1. The highest BCUT2D eigenvalue weighted by Crippen LogP contribution is 2.25. The number of aromatic nitrogens is 2. The van der Waals surface area contributed by atoms with Gasteiger partial charge in [-0.2, -0.15) is 5.10 Å². The maximum atomic E-state index is 4.17. The van der Waals surface area contributed by atoms with Crippen LogP contribution < -0.4 is 5.32 Å². The molecular formula is C12H16BrN3S.